The lowest BCUT2D eigenvalue weighted by Gasteiger charge is -2.23. The maximum atomic E-state index is 6.43. The van der Waals surface area contributed by atoms with Crippen LogP contribution in [0.2, 0.25) is 5.02 Å². The Labute approximate surface area is 182 Å². The number of benzene rings is 3. The molecule has 1 aliphatic rings. The van der Waals surface area contributed by atoms with E-state index in [0.29, 0.717) is 13.4 Å². The van der Waals surface area contributed by atoms with Crippen LogP contribution in [0.3, 0.4) is 0 Å². The van der Waals surface area contributed by atoms with Crippen LogP contribution in [-0.2, 0) is 19.5 Å². The number of ether oxygens (including phenoxy) is 3. The van der Waals surface area contributed by atoms with Crippen molar-refractivity contribution in [2.75, 3.05) is 19.9 Å². The van der Waals surface area contributed by atoms with Crippen LogP contribution in [0.5, 0.6) is 17.2 Å². The highest BCUT2D eigenvalue weighted by atomic mass is 35.5. The molecule has 0 aromatic heterocycles. The van der Waals surface area contributed by atoms with Crippen LogP contribution in [0.1, 0.15) is 23.6 Å². The maximum absolute atomic E-state index is 6.43. The first-order valence-electron chi connectivity index (χ1n) is 10.3. The van der Waals surface area contributed by atoms with E-state index in [1.54, 1.807) is 0 Å². The fourth-order valence-electron chi connectivity index (χ4n) is 3.58. The van der Waals surface area contributed by atoms with Gasteiger partial charge in [0, 0.05) is 24.7 Å². The van der Waals surface area contributed by atoms with Gasteiger partial charge in [-0.2, -0.15) is 0 Å². The first kappa shape index (κ1) is 20.6. The van der Waals surface area contributed by atoms with E-state index in [-0.39, 0.29) is 0 Å². The molecule has 0 fully saturated rings. The summed E-state index contributed by atoms with van der Waals surface area (Å²) in [5.41, 5.74) is 3.61. The molecule has 0 saturated carbocycles. The van der Waals surface area contributed by atoms with Crippen LogP contribution in [-0.4, -0.2) is 24.8 Å². The van der Waals surface area contributed by atoms with Gasteiger partial charge in [0.2, 0.25) is 6.79 Å². The van der Waals surface area contributed by atoms with E-state index in [0.717, 1.165) is 53.9 Å². The van der Waals surface area contributed by atoms with Gasteiger partial charge >= 0.3 is 0 Å². The number of hydrogen-bond donors (Lipinski definition) is 0. The molecule has 0 amide bonds. The molecule has 0 atom stereocenters. The molecule has 0 bridgehead atoms. The summed E-state index contributed by atoms with van der Waals surface area (Å²) in [5, 5.41) is 0.803. The molecular weight excluding hydrogens is 398 g/mol. The lowest BCUT2D eigenvalue weighted by atomic mass is 10.1. The Morgan fingerprint density at radius 2 is 1.67 bits per heavy atom. The third kappa shape index (κ3) is 5.26. The number of rotatable bonds is 9. The average Bonchev–Trinajstić information content (AvgIpc) is 3.23. The molecule has 0 spiro atoms. The molecule has 5 heteroatoms. The second kappa shape index (κ2) is 9.88. The summed E-state index contributed by atoms with van der Waals surface area (Å²) in [6.45, 7) is 5.50. The number of halogens is 1. The number of nitrogens with zero attached hydrogens (tertiary/aromatic N) is 1. The molecule has 0 N–H and O–H groups in total. The Balaban J connectivity index is 1.47. The molecule has 0 radical (unpaired) electrons. The van der Waals surface area contributed by atoms with Crippen molar-refractivity contribution in [2.24, 2.45) is 0 Å². The van der Waals surface area contributed by atoms with Crippen molar-refractivity contribution in [1.29, 1.82) is 0 Å². The monoisotopic (exact) mass is 423 g/mol. The summed E-state index contributed by atoms with van der Waals surface area (Å²) in [7, 11) is 0. The quantitative estimate of drug-likeness (QED) is 0.441. The first-order chi connectivity index (χ1) is 14.7. The van der Waals surface area contributed by atoms with Crippen molar-refractivity contribution in [3.05, 3.63) is 88.4 Å². The van der Waals surface area contributed by atoms with Gasteiger partial charge in [0.1, 0.15) is 5.75 Å². The largest absolute Gasteiger partial charge is 0.494 e. The summed E-state index contributed by atoms with van der Waals surface area (Å²) in [4.78, 5) is 2.42. The Bertz CT molecular complexity index is 974. The minimum absolute atomic E-state index is 0.301. The van der Waals surface area contributed by atoms with Gasteiger partial charge in [0.25, 0.3) is 0 Å². The highest BCUT2D eigenvalue weighted by Crippen LogP contribution is 2.32. The van der Waals surface area contributed by atoms with Crippen LogP contribution in [0.4, 0.5) is 0 Å². The van der Waals surface area contributed by atoms with Crippen LogP contribution in [0, 0.1) is 0 Å². The van der Waals surface area contributed by atoms with Gasteiger partial charge in [0.15, 0.2) is 11.5 Å². The molecule has 30 heavy (non-hydrogen) atoms. The SMILES string of the molecule is CCOc1ccc(CN(CCc2ccc3c(c2)OCO3)Cc2ccccc2Cl)cc1. The Kier molecular flexibility index (Phi) is 6.77. The van der Waals surface area contributed by atoms with E-state index in [9.17, 15) is 0 Å². The standard InChI is InChI=1S/C25H26ClNO3/c1-2-28-22-10-7-20(8-11-22)16-27(17-21-5-3-4-6-23(21)26)14-13-19-9-12-24-25(15-19)30-18-29-24/h3-12,15H,2,13-14,16-18H2,1H3. The van der Waals surface area contributed by atoms with Gasteiger partial charge in [-0.3, -0.25) is 4.90 Å². The van der Waals surface area contributed by atoms with Gasteiger partial charge in [-0.15, -0.1) is 0 Å². The minimum atomic E-state index is 0.301. The molecule has 4 nitrogen and oxygen atoms in total. The van der Waals surface area contributed by atoms with Gasteiger partial charge in [0.05, 0.1) is 6.61 Å². The van der Waals surface area contributed by atoms with Gasteiger partial charge < -0.3 is 14.2 Å². The van der Waals surface area contributed by atoms with Crippen LogP contribution < -0.4 is 14.2 Å². The van der Waals surface area contributed by atoms with Gasteiger partial charge in [-0.1, -0.05) is 48.0 Å². The van der Waals surface area contributed by atoms with Crippen molar-refractivity contribution < 1.29 is 14.2 Å². The fraction of sp³-hybridized carbons (Fsp3) is 0.280. The molecule has 4 rings (SSSR count). The normalized spacial score (nSPS) is 12.4. The fourth-order valence-corrected chi connectivity index (χ4v) is 3.78. The zero-order valence-corrected chi connectivity index (χ0v) is 17.9. The average molecular weight is 424 g/mol. The van der Waals surface area contributed by atoms with E-state index in [4.69, 9.17) is 25.8 Å². The van der Waals surface area contributed by atoms with Crippen molar-refractivity contribution >= 4 is 11.6 Å². The highest BCUT2D eigenvalue weighted by molar-refractivity contribution is 6.31. The number of hydrogen-bond acceptors (Lipinski definition) is 4. The summed E-state index contributed by atoms with van der Waals surface area (Å²) < 4.78 is 16.5. The van der Waals surface area contributed by atoms with E-state index in [1.165, 1.54) is 11.1 Å². The Morgan fingerprint density at radius 1 is 0.900 bits per heavy atom. The third-order valence-electron chi connectivity index (χ3n) is 5.15. The minimum Gasteiger partial charge on any atom is -0.494 e. The zero-order chi connectivity index (χ0) is 20.8. The Morgan fingerprint density at radius 3 is 2.47 bits per heavy atom. The summed E-state index contributed by atoms with van der Waals surface area (Å²) in [6.07, 6.45) is 0.915. The lowest BCUT2D eigenvalue weighted by Crippen LogP contribution is -2.25. The molecular formula is C25H26ClNO3. The summed E-state index contributed by atoms with van der Waals surface area (Å²) >= 11 is 6.43. The topological polar surface area (TPSA) is 30.9 Å². The summed E-state index contributed by atoms with van der Waals surface area (Å²) in [5.74, 6) is 2.55. The van der Waals surface area contributed by atoms with Crippen molar-refractivity contribution in [3.8, 4) is 17.2 Å². The smallest absolute Gasteiger partial charge is 0.231 e. The van der Waals surface area contributed by atoms with Gasteiger partial charge in [-0.25, -0.2) is 0 Å². The maximum Gasteiger partial charge on any atom is 0.231 e. The molecule has 1 aliphatic heterocycles. The van der Waals surface area contributed by atoms with E-state index in [2.05, 4.69) is 35.2 Å². The van der Waals surface area contributed by atoms with Crippen molar-refractivity contribution in [2.45, 2.75) is 26.4 Å². The molecule has 1 heterocycles. The van der Waals surface area contributed by atoms with E-state index < -0.39 is 0 Å². The van der Waals surface area contributed by atoms with Crippen LogP contribution in [0.15, 0.2) is 66.7 Å². The lowest BCUT2D eigenvalue weighted by molar-refractivity contribution is 0.174. The molecule has 3 aromatic carbocycles. The molecule has 0 aliphatic carbocycles. The van der Waals surface area contributed by atoms with Crippen molar-refractivity contribution in [1.82, 2.24) is 4.90 Å². The molecule has 156 valence electrons. The summed E-state index contributed by atoms with van der Waals surface area (Å²) in [6, 6.07) is 22.5. The number of fused-ring (bicyclic) bond motifs is 1. The molecule has 3 aromatic rings. The Hall–Kier alpha value is -2.69. The van der Waals surface area contributed by atoms with E-state index in [1.807, 2.05) is 43.3 Å². The predicted octanol–water partition coefficient (Wildman–Crippen LogP) is 5.71. The van der Waals surface area contributed by atoms with Gasteiger partial charge in [-0.05, 0) is 60.4 Å². The second-order valence-electron chi connectivity index (χ2n) is 7.32. The van der Waals surface area contributed by atoms with Crippen molar-refractivity contribution in [3.63, 3.8) is 0 Å². The highest BCUT2D eigenvalue weighted by Gasteiger charge is 2.15. The molecule has 0 unspecified atom stereocenters. The van der Waals surface area contributed by atoms with Crippen LogP contribution in [0.25, 0.3) is 0 Å². The van der Waals surface area contributed by atoms with E-state index >= 15 is 0 Å². The predicted molar refractivity (Wildman–Crippen MR) is 119 cm³/mol. The molecule has 0 saturated heterocycles. The second-order valence-corrected chi connectivity index (χ2v) is 7.72. The third-order valence-corrected chi connectivity index (χ3v) is 5.51. The first-order valence-corrected chi connectivity index (χ1v) is 10.6. The van der Waals surface area contributed by atoms with Crippen LogP contribution >= 0.6 is 11.6 Å². The zero-order valence-electron chi connectivity index (χ0n) is 17.1.